The van der Waals surface area contributed by atoms with Crippen LogP contribution in [0.15, 0.2) is 18.5 Å². The Bertz CT molecular complexity index is 1050. The Labute approximate surface area is 150 Å². The predicted molar refractivity (Wildman–Crippen MR) is 97.1 cm³/mol. The van der Waals surface area contributed by atoms with E-state index in [1.807, 2.05) is 12.3 Å². The number of H-pyrrole nitrogens is 2. The minimum Gasteiger partial charge on any atom is -0.381 e. The van der Waals surface area contributed by atoms with E-state index >= 15 is 0 Å². The average Bonchev–Trinajstić information content (AvgIpc) is 3.26. The quantitative estimate of drug-likeness (QED) is 0.631. The van der Waals surface area contributed by atoms with E-state index in [1.165, 1.54) is 0 Å². The van der Waals surface area contributed by atoms with E-state index in [1.54, 1.807) is 6.20 Å². The van der Waals surface area contributed by atoms with Gasteiger partial charge in [-0.2, -0.15) is 0 Å². The van der Waals surface area contributed by atoms with Crippen LogP contribution in [0.5, 0.6) is 0 Å². The van der Waals surface area contributed by atoms with E-state index in [0.29, 0.717) is 12.4 Å². The average molecular weight is 375 g/mol. The maximum absolute atomic E-state index is 12.6. The van der Waals surface area contributed by atoms with E-state index in [4.69, 9.17) is 9.72 Å². The van der Waals surface area contributed by atoms with Crippen LogP contribution in [0.1, 0.15) is 37.5 Å². The predicted octanol–water partition coefficient (Wildman–Crippen LogP) is 1.99. The third-order valence-electron chi connectivity index (χ3n) is 5.27. The number of fused-ring (bicyclic) bond motifs is 3. The van der Waals surface area contributed by atoms with Crippen LogP contribution in [-0.2, 0) is 14.8 Å². The minimum atomic E-state index is -3.34. The molecule has 0 spiro atoms. The van der Waals surface area contributed by atoms with Gasteiger partial charge in [0.15, 0.2) is 0 Å². The van der Waals surface area contributed by atoms with Crippen molar-refractivity contribution in [3.8, 4) is 0 Å². The van der Waals surface area contributed by atoms with Crippen LogP contribution in [0.3, 0.4) is 0 Å². The second-order valence-corrected chi connectivity index (χ2v) is 9.19. The lowest BCUT2D eigenvalue weighted by Crippen LogP contribution is -2.39. The fourth-order valence-electron chi connectivity index (χ4n) is 3.69. The summed E-state index contributed by atoms with van der Waals surface area (Å²) in [6.07, 6.45) is 6.86. The van der Waals surface area contributed by atoms with Crippen molar-refractivity contribution in [3.05, 3.63) is 24.3 Å². The van der Waals surface area contributed by atoms with Crippen molar-refractivity contribution in [1.82, 2.24) is 24.7 Å². The smallest absolute Gasteiger partial charge is 0.215 e. The number of nitrogens with one attached hydrogen (secondary N) is 3. The van der Waals surface area contributed by atoms with E-state index in [-0.39, 0.29) is 11.2 Å². The third kappa shape index (κ3) is 2.80. The Balaban J connectivity index is 1.57. The molecule has 3 aromatic heterocycles. The van der Waals surface area contributed by atoms with Gasteiger partial charge in [0, 0.05) is 24.1 Å². The highest BCUT2D eigenvalue weighted by Gasteiger charge is 2.40. The molecule has 2 atom stereocenters. The number of sulfonamides is 1. The summed E-state index contributed by atoms with van der Waals surface area (Å²) in [5.41, 5.74) is 2.38. The molecule has 8 nitrogen and oxygen atoms in total. The Hall–Kier alpha value is -1.97. The SMILES string of the molecule is O=S(=O)(NC(c1nc2c(cnc3[nH]ccc32)[nH]1)[C@@H]1CCCOC1)C1CC1. The molecule has 3 aromatic rings. The molecule has 1 saturated carbocycles. The number of ether oxygens (including phenoxy) is 1. The second-order valence-electron chi connectivity index (χ2n) is 7.20. The molecular formula is C17H21N5O3S. The van der Waals surface area contributed by atoms with Crippen LogP contribution in [-0.4, -0.2) is 46.8 Å². The molecule has 1 saturated heterocycles. The number of nitrogens with zero attached hydrogens (tertiary/aromatic N) is 2. The van der Waals surface area contributed by atoms with Crippen molar-refractivity contribution in [2.24, 2.45) is 5.92 Å². The van der Waals surface area contributed by atoms with Gasteiger partial charge in [-0.1, -0.05) is 0 Å². The number of hydrogen-bond donors (Lipinski definition) is 3. The lowest BCUT2D eigenvalue weighted by molar-refractivity contribution is 0.0414. The molecule has 2 fully saturated rings. The van der Waals surface area contributed by atoms with Crippen molar-refractivity contribution in [2.45, 2.75) is 37.0 Å². The molecule has 2 aliphatic rings. The molecule has 1 unspecified atom stereocenters. The van der Waals surface area contributed by atoms with Gasteiger partial charge in [-0.05, 0) is 31.7 Å². The molecule has 0 aromatic carbocycles. The number of aromatic amines is 2. The summed E-state index contributed by atoms with van der Waals surface area (Å²) < 4.78 is 33.7. The Kier molecular flexibility index (Phi) is 3.77. The maximum atomic E-state index is 12.6. The van der Waals surface area contributed by atoms with Crippen LogP contribution in [0, 0.1) is 5.92 Å². The van der Waals surface area contributed by atoms with Gasteiger partial charge in [-0.25, -0.2) is 23.1 Å². The highest BCUT2D eigenvalue weighted by molar-refractivity contribution is 7.90. The van der Waals surface area contributed by atoms with Gasteiger partial charge in [-0.15, -0.1) is 0 Å². The van der Waals surface area contributed by atoms with Crippen molar-refractivity contribution in [1.29, 1.82) is 0 Å². The van der Waals surface area contributed by atoms with Crippen LogP contribution >= 0.6 is 0 Å². The molecular weight excluding hydrogens is 354 g/mol. The van der Waals surface area contributed by atoms with Gasteiger partial charge in [-0.3, -0.25) is 0 Å². The van der Waals surface area contributed by atoms with Crippen LogP contribution in [0.4, 0.5) is 0 Å². The van der Waals surface area contributed by atoms with Gasteiger partial charge in [0.1, 0.15) is 17.0 Å². The normalized spacial score (nSPS) is 22.8. The molecule has 0 bridgehead atoms. The zero-order valence-corrected chi connectivity index (χ0v) is 15.1. The highest BCUT2D eigenvalue weighted by Crippen LogP contribution is 2.34. The summed E-state index contributed by atoms with van der Waals surface area (Å²) in [5.74, 6) is 0.697. The standard InChI is InChI=1S/C17H21N5O3S/c23-26(24,11-3-4-11)22-14(10-2-1-7-25-9-10)17-20-13-8-19-16-12(5-6-18-16)15(13)21-17/h5-6,8,10-11,14,22H,1-4,7,9H2,(H,18,19)(H,20,21)/t10-,14?/m1/s1. The van der Waals surface area contributed by atoms with Crippen LogP contribution in [0.25, 0.3) is 22.1 Å². The van der Waals surface area contributed by atoms with E-state index in [0.717, 1.165) is 54.4 Å². The van der Waals surface area contributed by atoms with Gasteiger partial charge in [0.05, 0.1) is 29.6 Å². The van der Waals surface area contributed by atoms with Gasteiger partial charge < -0.3 is 14.7 Å². The van der Waals surface area contributed by atoms with Crippen molar-refractivity contribution < 1.29 is 13.2 Å². The Morgan fingerprint density at radius 2 is 2.19 bits per heavy atom. The Morgan fingerprint density at radius 1 is 1.31 bits per heavy atom. The summed E-state index contributed by atoms with van der Waals surface area (Å²) in [6, 6.07) is 1.52. The zero-order chi connectivity index (χ0) is 17.7. The summed E-state index contributed by atoms with van der Waals surface area (Å²) in [7, 11) is -3.34. The summed E-state index contributed by atoms with van der Waals surface area (Å²) in [5, 5.41) is 0.658. The number of imidazole rings is 1. The Morgan fingerprint density at radius 3 is 2.96 bits per heavy atom. The van der Waals surface area contributed by atoms with Crippen molar-refractivity contribution in [2.75, 3.05) is 13.2 Å². The number of aromatic nitrogens is 4. The zero-order valence-electron chi connectivity index (χ0n) is 14.2. The maximum Gasteiger partial charge on any atom is 0.215 e. The molecule has 3 N–H and O–H groups in total. The van der Waals surface area contributed by atoms with Crippen LogP contribution < -0.4 is 4.72 Å². The van der Waals surface area contributed by atoms with Gasteiger partial charge in [0.2, 0.25) is 10.0 Å². The van der Waals surface area contributed by atoms with Gasteiger partial charge >= 0.3 is 0 Å². The molecule has 26 heavy (non-hydrogen) atoms. The van der Waals surface area contributed by atoms with Gasteiger partial charge in [0.25, 0.3) is 0 Å². The molecule has 9 heteroatoms. The molecule has 0 radical (unpaired) electrons. The lowest BCUT2D eigenvalue weighted by atomic mass is 9.94. The van der Waals surface area contributed by atoms with Crippen molar-refractivity contribution in [3.63, 3.8) is 0 Å². The summed E-state index contributed by atoms with van der Waals surface area (Å²) >= 11 is 0. The minimum absolute atomic E-state index is 0.0625. The first-order chi connectivity index (χ1) is 12.6. The molecule has 0 amide bonds. The fourth-order valence-corrected chi connectivity index (χ4v) is 5.30. The molecule has 138 valence electrons. The lowest BCUT2D eigenvalue weighted by Gasteiger charge is -2.29. The topological polar surface area (TPSA) is 113 Å². The third-order valence-corrected chi connectivity index (χ3v) is 7.20. The first-order valence-electron chi connectivity index (χ1n) is 9.02. The molecule has 1 aliphatic carbocycles. The summed E-state index contributed by atoms with van der Waals surface area (Å²) in [4.78, 5) is 15.5. The van der Waals surface area contributed by atoms with E-state index < -0.39 is 16.1 Å². The summed E-state index contributed by atoms with van der Waals surface area (Å²) in [6.45, 7) is 1.26. The highest BCUT2D eigenvalue weighted by atomic mass is 32.2. The van der Waals surface area contributed by atoms with E-state index in [9.17, 15) is 8.42 Å². The second kappa shape index (κ2) is 6.04. The van der Waals surface area contributed by atoms with Crippen molar-refractivity contribution >= 4 is 32.1 Å². The number of rotatable bonds is 5. The first-order valence-corrected chi connectivity index (χ1v) is 10.6. The monoisotopic (exact) mass is 375 g/mol. The fraction of sp³-hybridized carbons (Fsp3) is 0.529. The van der Waals surface area contributed by atoms with Crippen LogP contribution in [0.2, 0.25) is 0 Å². The largest absolute Gasteiger partial charge is 0.381 e. The number of hydrogen-bond acceptors (Lipinski definition) is 5. The van der Waals surface area contributed by atoms with E-state index in [2.05, 4.69) is 19.7 Å². The molecule has 5 rings (SSSR count). The number of pyridine rings is 1. The molecule has 1 aliphatic heterocycles. The first kappa shape index (κ1) is 16.2. The molecule has 4 heterocycles.